The molecule has 1 aliphatic rings. The van der Waals surface area contributed by atoms with Crippen LogP contribution in [-0.2, 0) is 6.42 Å². The lowest BCUT2D eigenvalue weighted by Crippen LogP contribution is -2.45. The van der Waals surface area contributed by atoms with Crippen LogP contribution in [0.3, 0.4) is 0 Å². The Bertz CT molecular complexity index is 608. The summed E-state index contributed by atoms with van der Waals surface area (Å²) in [6.07, 6.45) is 4.74. The van der Waals surface area contributed by atoms with Crippen molar-refractivity contribution in [3.05, 3.63) is 36.0 Å². The monoisotopic (exact) mass is 299 g/mol. The molecule has 3 rings (SSSR count). The van der Waals surface area contributed by atoms with Crippen molar-refractivity contribution in [1.82, 2.24) is 14.4 Å². The first-order valence-electron chi connectivity index (χ1n) is 8.68. The maximum atomic E-state index is 2.61. The predicted octanol–water partition coefficient (Wildman–Crippen LogP) is 3.40. The molecule has 0 spiro atoms. The molecule has 1 unspecified atom stereocenters. The molecular formula is C19H29N3. The van der Waals surface area contributed by atoms with Crippen LogP contribution in [0.15, 0.2) is 30.5 Å². The Balaban J connectivity index is 1.76. The Morgan fingerprint density at radius 3 is 2.55 bits per heavy atom. The molecule has 120 valence electrons. The van der Waals surface area contributed by atoms with Crippen LogP contribution in [0.1, 0.15) is 31.9 Å². The van der Waals surface area contributed by atoms with E-state index in [0.29, 0.717) is 6.04 Å². The average molecular weight is 299 g/mol. The lowest BCUT2D eigenvalue weighted by Gasteiger charge is -2.32. The maximum Gasteiger partial charge on any atom is 0.0485 e. The minimum Gasteiger partial charge on any atom is -0.344 e. The van der Waals surface area contributed by atoms with E-state index in [0.717, 1.165) is 6.42 Å². The number of para-hydroxylation sites is 1. The third kappa shape index (κ3) is 3.21. The second-order valence-electron chi connectivity index (χ2n) is 6.73. The summed E-state index contributed by atoms with van der Waals surface area (Å²) in [4.78, 5) is 5.03. The average Bonchev–Trinajstić information content (AvgIpc) is 2.93. The number of benzene rings is 1. The molecule has 0 N–H and O–H groups in total. The molecule has 1 aliphatic heterocycles. The molecule has 0 saturated carbocycles. The summed E-state index contributed by atoms with van der Waals surface area (Å²) in [6.45, 7) is 10.6. The highest BCUT2D eigenvalue weighted by atomic mass is 15.2. The predicted molar refractivity (Wildman–Crippen MR) is 94.6 cm³/mol. The van der Waals surface area contributed by atoms with E-state index in [1.807, 2.05) is 0 Å². The van der Waals surface area contributed by atoms with Crippen molar-refractivity contribution < 1.29 is 0 Å². The second-order valence-corrected chi connectivity index (χ2v) is 6.73. The summed E-state index contributed by atoms with van der Waals surface area (Å²) >= 11 is 0. The van der Waals surface area contributed by atoms with Gasteiger partial charge >= 0.3 is 0 Å². The van der Waals surface area contributed by atoms with E-state index >= 15 is 0 Å². The van der Waals surface area contributed by atoms with Gasteiger partial charge in [-0.15, -0.1) is 0 Å². The van der Waals surface area contributed by atoms with E-state index in [1.165, 1.54) is 55.6 Å². The smallest absolute Gasteiger partial charge is 0.0485 e. The van der Waals surface area contributed by atoms with Gasteiger partial charge in [0, 0.05) is 55.9 Å². The normalized spacial score (nSPS) is 18.9. The summed E-state index contributed by atoms with van der Waals surface area (Å²) in [5, 5.41) is 1.44. The van der Waals surface area contributed by atoms with Crippen LogP contribution < -0.4 is 0 Å². The minimum atomic E-state index is 0.572. The molecule has 0 radical (unpaired) electrons. The number of aromatic nitrogens is 1. The topological polar surface area (TPSA) is 11.4 Å². The zero-order valence-corrected chi connectivity index (χ0v) is 14.3. The third-order valence-corrected chi connectivity index (χ3v) is 5.18. The van der Waals surface area contributed by atoms with Gasteiger partial charge in [-0.3, -0.25) is 0 Å². The van der Waals surface area contributed by atoms with E-state index in [-0.39, 0.29) is 0 Å². The molecule has 2 heterocycles. The van der Waals surface area contributed by atoms with Crippen LogP contribution in [0, 0.1) is 0 Å². The molecule has 1 aromatic carbocycles. The van der Waals surface area contributed by atoms with Crippen molar-refractivity contribution in [2.24, 2.45) is 0 Å². The van der Waals surface area contributed by atoms with E-state index in [4.69, 9.17) is 0 Å². The van der Waals surface area contributed by atoms with Crippen molar-refractivity contribution >= 4 is 10.9 Å². The standard InChI is InChI=1S/C19H29N3/c1-4-16(2)22-15-17(18-7-5-6-8-19(18)22)9-10-21-13-11-20(3)12-14-21/h5-8,15-16H,4,9-14H2,1-3H3. The Labute approximate surface area is 134 Å². The van der Waals surface area contributed by atoms with Gasteiger partial charge in [0.1, 0.15) is 0 Å². The summed E-state index contributed by atoms with van der Waals surface area (Å²) in [5.74, 6) is 0. The first-order chi connectivity index (χ1) is 10.7. The number of fused-ring (bicyclic) bond motifs is 1. The SMILES string of the molecule is CCC(C)n1cc(CCN2CCN(C)CC2)c2ccccc21. The first kappa shape index (κ1) is 15.6. The summed E-state index contributed by atoms with van der Waals surface area (Å²) < 4.78 is 2.47. The van der Waals surface area contributed by atoms with Gasteiger partial charge in [-0.1, -0.05) is 25.1 Å². The minimum absolute atomic E-state index is 0.572. The fraction of sp³-hybridized carbons (Fsp3) is 0.579. The maximum absolute atomic E-state index is 2.61. The lowest BCUT2D eigenvalue weighted by atomic mass is 10.1. The van der Waals surface area contributed by atoms with Crippen molar-refractivity contribution in [3.63, 3.8) is 0 Å². The van der Waals surface area contributed by atoms with Crippen molar-refractivity contribution in [2.45, 2.75) is 32.7 Å². The molecule has 22 heavy (non-hydrogen) atoms. The van der Waals surface area contributed by atoms with Crippen LogP contribution in [0.5, 0.6) is 0 Å². The highest BCUT2D eigenvalue weighted by Crippen LogP contribution is 2.26. The third-order valence-electron chi connectivity index (χ3n) is 5.18. The van der Waals surface area contributed by atoms with Gasteiger partial charge in [0.05, 0.1) is 0 Å². The van der Waals surface area contributed by atoms with Crippen LogP contribution in [0.4, 0.5) is 0 Å². The molecule has 1 aromatic heterocycles. The van der Waals surface area contributed by atoms with Gasteiger partial charge in [-0.05, 0) is 38.4 Å². The van der Waals surface area contributed by atoms with Gasteiger partial charge in [0.2, 0.25) is 0 Å². The Hall–Kier alpha value is -1.32. The quantitative estimate of drug-likeness (QED) is 0.838. The molecule has 2 aromatic rings. The Morgan fingerprint density at radius 2 is 1.82 bits per heavy atom. The lowest BCUT2D eigenvalue weighted by molar-refractivity contribution is 0.155. The number of rotatable bonds is 5. The molecule has 3 nitrogen and oxygen atoms in total. The summed E-state index contributed by atoms with van der Waals surface area (Å²) in [7, 11) is 2.22. The molecule has 1 atom stereocenters. The molecule has 1 saturated heterocycles. The van der Waals surface area contributed by atoms with E-state index in [2.05, 4.69) is 65.7 Å². The zero-order chi connectivity index (χ0) is 15.5. The molecule has 0 aliphatic carbocycles. The van der Waals surface area contributed by atoms with Crippen LogP contribution in [-0.4, -0.2) is 54.1 Å². The number of likely N-dealkylation sites (N-methyl/N-ethyl adjacent to an activating group) is 1. The van der Waals surface area contributed by atoms with Crippen LogP contribution >= 0.6 is 0 Å². The largest absolute Gasteiger partial charge is 0.344 e. The number of hydrogen-bond acceptors (Lipinski definition) is 2. The van der Waals surface area contributed by atoms with Crippen molar-refractivity contribution in [2.75, 3.05) is 39.8 Å². The molecular weight excluding hydrogens is 270 g/mol. The van der Waals surface area contributed by atoms with Gasteiger partial charge in [-0.2, -0.15) is 0 Å². The van der Waals surface area contributed by atoms with Gasteiger partial charge in [-0.25, -0.2) is 0 Å². The van der Waals surface area contributed by atoms with Gasteiger partial charge in [0.15, 0.2) is 0 Å². The number of nitrogens with zero attached hydrogens (tertiary/aromatic N) is 3. The molecule has 1 fully saturated rings. The molecule has 3 heteroatoms. The Morgan fingerprint density at radius 1 is 1.09 bits per heavy atom. The second kappa shape index (κ2) is 6.84. The fourth-order valence-corrected chi connectivity index (χ4v) is 3.39. The van der Waals surface area contributed by atoms with Gasteiger partial charge in [0.25, 0.3) is 0 Å². The Kier molecular flexibility index (Phi) is 4.84. The van der Waals surface area contributed by atoms with Crippen LogP contribution in [0.2, 0.25) is 0 Å². The molecule has 0 bridgehead atoms. The summed E-state index contributed by atoms with van der Waals surface area (Å²) in [5.41, 5.74) is 2.90. The zero-order valence-electron chi connectivity index (χ0n) is 14.3. The molecule has 0 amide bonds. The number of hydrogen-bond donors (Lipinski definition) is 0. The highest BCUT2D eigenvalue weighted by molar-refractivity contribution is 5.84. The highest BCUT2D eigenvalue weighted by Gasteiger charge is 2.15. The summed E-state index contributed by atoms with van der Waals surface area (Å²) in [6, 6.07) is 9.45. The first-order valence-corrected chi connectivity index (χ1v) is 8.68. The van der Waals surface area contributed by atoms with Crippen molar-refractivity contribution in [3.8, 4) is 0 Å². The van der Waals surface area contributed by atoms with E-state index in [9.17, 15) is 0 Å². The van der Waals surface area contributed by atoms with Gasteiger partial charge < -0.3 is 14.4 Å². The van der Waals surface area contributed by atoms with E-state index < -0.39 is 0 Å². The van der Waals surface area contributed by atoms with Crippen molar-refractivity contribution in [1.29, 1.82) is 0 Å². The number of piperazine rings is 1. The van der Waals surface area contributed by atoms with Crippen LogP contribution in [0.25, 0.3) is 10.9 Å². The van der Waals surface area contributed by atoms with E-state index in [1.54, 1.807) is 0 Å². The fourth-order valence-electron chi connectivity index (χ4n) is 3.39.